The molecule has 0 heterocycles. The molecule has 0 aliphatic heterocycles. The standard InChI is InChI=1S/C36H67N5O4/c1-23(2)33(34(44)45-6)41-31(43)10-7-24(3)27-8-9-28-32-29(12-14-36(27,28)5)35(4)13-11-26(21-25(35)22-30(32)42)40-20-19-39-18-17-38-16-15-37/h23-30,32-33,38-40,42H,7-22,37H2,1-6H3,(H,41,43)/t24-,25+,26+,27-,28+,29+,30-,32+,33+,35+,36-/m1/s1. The van der Waals surface area contributed by atoms with Crippen LogP contribution in [-0.4, -0.2) is 81.5 Å². The summed E-state index contributed by atoms with van der Waals surface area (Å²) in [5, 5.41) is 25.4. The van der Waals surface area contributed by atoms with E-state index >= 15 is 0 Å². The molecule has 4 aliphatic rings. The predicted molar refractivity (Wildman–Crippen MR) is 180 cm³/mol. The van der Waals surface area contributed by atoms with Crippen LogP contribution in [0.2, 0.25) is 0 Å². The summed E-state index contributed by atoms with van der Waals surface area (Å²) in [5.41, 5.74) is 6.08. The Kier molecular flexibility index (Phi) is 13.2. The second-order valence-corrected chi connectivity index (χ2v) is 16.1. The molecule has 11 atom stereocenters. The number of methoxy groups -OCH3 is 1. The minimum absolute atomic E-state index is 0.0137. The zero-order valence-electron chi connectivity index (χ0n) is 29.3. The first-order valence-electron chi connectivity index (χ1n) is 18.4. The van der Waals surface area contributed by atoms with Crippen LogP contribution >= 0.6 is 0 Å². The first-order valence-corrected chi connectivity index (χ1v) is 18.4. The molecule has 4 aliphatic carbocycles. The Bertz CT molecular complexity index is 966. The number of carbonyl (C=O) groups is 2. The number of hydrogen-bond acceptors (Lipinski definition) is 8. The van der Waals surface area contributed by atoms with Gasteiger partial charge in [-0.1, -0.05) is 34.6 Å². The molecule has 9 nitrogen and oxygen atoms in total. The van der Waals surface area contributed by atoms with E-state index in [2.05, 4.69) is 42.0 Å². The van der Waals surface area contributed by atoms with E-state index in [1.807, 2.05) is 13.8 Å². The minimum Gasteiger partial charge on any atom is -0.467 e. The number of esters is 1. The molecule has 0 aromatic carbocycles. The van der Waals surface area contributed by atoms with Crippen LogP contribution < -0.4 is 27.0 Å². The van der Waals surface area contributed by atoms with Crippen molar-refractivity contribution in [3.05, 3.63) is 0 Å². The molecule has 0 radical (unpaired) electrons. The third-order valence-corrected chi connectivity index (χ3v) is 13.2. The first kappa shape index (κ1) is 36.6. The van der Waals surface area contributed by atoms with E-state index in [9.17, 15) is 14.7 Å². The van der Waals surface area contributed by atoms with Crippen LogP contribution in [0, 0.1) is 52.3 Å². The zero-order valence-corrected chi connectivity index (χ0v) is 29.3. The molecule has 0 spiro atoms. The topological polar surface area (TPSA) is 138 Å². The monoisotopic (exact) mass is 634 g/mol. The number of nitrogens with one attached hydrogen (secondary N) is 4. The Balaban J connectivity index is 1.29. The number of rotatable bonds is 16. The van der Waals surface area contributed by atoms with E-state index in [0.29, 0.717) is 59.9 Å². The maximum Gasteiger partial charge on any atom is 0.328 e. The van der Waals surface area contributed by atoms with Gasteiger partial charge in [-0.25, -0.2) is 4.79 Å². The van der Waals surface area contributed by atoms with Gasteiger partial charge in [-0.3, -0.25) is 4.79 Å². The number of fused-ring (bicyclic) bond motifs is 5. The summed E-state index contributed by atoms with van der Waals surface area (Å²) in [4.78, 5) is 25.0. The lowest BCUT2D eigenvalue weighted by atomic mass is 9.43. The fourth-order valence-electron chi connectivity index (χ4n) is 10.7. The molecule has 0 saturated heterocycles. The number of aliphatic hydroxyl groups is 1. The molecule has 7 N–H and O–H groups in total. The van der Waals surface area contributed by atoms with E-state index in [0.717, 1.165) is 45.6 Å². The highest BCUT2D eigenvalue weighted by Crippen LogP contribution is 2.68. The van der Waals surface area contributed by atoms with Crippen LogP contribution in [0.3, 0.4) is 0 Å². The van der Waals surface area contributed by atoms with Crippen LogP contribution in [0.15, 0.2) is 0 Å². The first-order chi connectivity index (χ1) is 21.5. The second-order valence-electron chi connectivity index (χ2n) is 16.1. The van der Waals surface area contributed by atoms with Gasteiger partial charge >= 0.3 is 5.97 Å². The Morgan fingerprint density at radius 3 is 2.27 bits per heavy atom. The molecule has 0 aromatic heterocycles. The number of nitrogens with two attached hydrogens (primary N) is 1. The molecule has 260 valence electrons. The zero-order chi connectivity index (χ0) is 32.8. The number of ether oxygens (including phenoxy) is 1. The second kappa shape index (κ2) is 16.2. The maximum atomic E-state index is 12.8. The van der Waals surface area contributed by atoms with Gasteiger partial charge in [0.05, 0.1) is 13.2 Å². The van der Waals surface area contributed by atoms with E-state index in [4.69, 9.17) is 10.5 Å². The van der Waals surface area contributed by atoms with Crippen LogP contribution in [-0.2, 0) is 14.3 Å². The Hall–Kier alpha value is -1.26. The lowest BCUT2D eigenvalue weighted by Crippen LogP contribution is -2.59. The summed E-state index contributed by atoms with van der Waals surface area (Å²) < 4.78 is 4.90. The molecular weight excluding hydrogens is 566 g/mol. The molecule has 4 fully saturated rings. The Labute approximate surface area is 273 Å². The van der Waals surface area contributed by atoms with Gasteiger partial charge in [-0.15, -0.1) is 0 Å². The van der Waals surface area contributed by atoms with Crippen molar-refractivity contribution < 1.29 is 19.4 Å². The van der Waals surface area contributed by atoms with Gasteiger partial charge in [0.15, 0.2) is 0 Å². The van der Waals surface area contributed by atoms with Gasteiger partial charge in [0.2, 0.25) is 5.91 Å². The van der Waals surface area contributed by atoms with E-state index in [1.165, 1.54) is 52.1 Å². The van der Waals surface area contributed by atoms with Crippen LogP contribution in [0.5, 0.6) is 0 Å². The van der Waals surface area contributed by atoms with Crippen LogP contribution in [0.1, 0.15) is 98.8 Å². The van der Waals surface area contributed by atoms with Crippen molar-refractivity contribution in [2.75, 3.05) is 46.4 Å². The van der Waals surface area contributed by atoms with Gasteiger partial charge in [0, 0.05) is 51.7 Å². The quantitative estimate of drug-likeness (QED) is 0.112. The number of hydrogen-bond donors (Lipinski definition) is 6. The fourth-order valence-corrected chi connectivity index (χ4v) is 10.7. The van der Waals surface area contributed by atoms with Crippen molar-refractivity contribution in [2.45, 2.75) is 117 Å². The highest BCUT2D eigenvalue weighted by molar-refractivity contribution is 5.84. The van der Waals surface area contributed by atoms with Crippen LogP contribution in [0.4, 0.5) is 0 Å². The Morgan fingerprint density at radius 1 is 0.911 bits per heavy atom. The number of carbonyl (C=O) groups excluding carboxylic acids is 2. The highest BCUT2D eigenvalue weighted by atomic mass is 16.5. The molecule has 4 saturated carbocycles. The Morgan fingerprint density at radius 2 is 1.58 bits per heavy atom. The summed E-state index contributed by atoms with van der Waals surface area (Å²) in [7, 11) is 1.37. The van der Waals surface area contributed by atoms with E-state index in [-0.39, 0.29) is 29.3 Å². The van der Waals surface area contributed by atoms with Crippen molar-refractivity contribution in [3.63, 3.8) is 0 Å². The lowest BCUT2D eigenvalue weighted by Gasteiger charge is -2.62. The molecule has 4 rings (SSSR count). The van der Waals surface area contributed by atoms with E-state index < -0.39 is 6.04 Å². The van der Waals surface area contributed by atoms with E-state index in [1.54, 1.807) is 0 Å². The molecule has 1 amide bonds. The smallest absolute Gasteiger partial charge is 0.328 e. The summed E-state index contributed by atoms with van der Waals surface area (Å²) in [6.45, 7) is 16.7. The van der Waals surface area contributed by atoms with Gasteiger partial charge in [-0.2, -0.15) is 0 Å². The number of amides is 1. The fraction of sp³-hybridized carbons (Fsp3) is 0.944. The summed E-state index contributed by atoms with van der Waals surface area (Å²) in [6, 6.07) is -0.0445. The van der Waals surface area contributed by atoms with Gasteiger partial charge < -0.3 is 36.8 Å². The highest BCUT2D eigenvalue weighted by Gasteiger charge is 2.62. The van der Waals surface area contributed by atoms with Gasteiger partial charge in [0.25, 0.3) is 0 Å². The van der Waals surface area contributed by atoms with Crippen molar-refractivity contribution in [1.29, 1.82) is 0 Å². The summed E-state index contributed by atoms with van der Waals surface area (Å²) in [5.74, 6) is 2.71. The molecule has 0 bridgehead atoms. The van der Waals surface area contributed by atoms with Crippen LogP contribution in [0.25, 0.3) is 0 Å². The number of aliphatic hydroxyl groups excluding tert-OH is 1. The van der Waals surface area contributed by atoms with Crippen molar-refractivity contribution in [1.82, 2.24) is 21.3 Å². The lowest BCUT2D eigenvalue weighted by molar-refractivity contribution is -0.167. The minimum atomic E-state index is -0.596. The largest absolute Gasteiger partial charge is 0.467 e. The molecule has 9 heteroatoms. The maximum absolute atomic E-state index is 12.8. The SMILES string of the molecule is COC(=O)[C@@H](NC(=O)CC[C@@H](C)[C@H]1CC[C@H]2[C@@H]3[C@H](O)C[C@@H]4C[C@@H](NCCNCCNCCN)CC[C@]4(C)[C@H]3CC[C@]12C)C(C)C. The molecular formula is C36H67N5O4. The van der Waals surface area contributed by atoms with Gasteiger partial charge in [0.1, 0.15) is 6.04 Å². The van der Waals surface area contributed by atoms with Crippen molar-refractivity contribution >= 4 is 11.9 Å². The molecule has 0 aromatic rings. The average Bonchev–Trinajstić information content (AvgIpc) is 3.37. The molecule has 45 heavy (non-hydrogen) atoms. The van der Waals surface area contributed by atoms with Gasteiger partial charge in [-0.05, 0) is 110 Å². The van der Waals surface area contributed by atoms with Crippen molar-refractivity contribution in [3.8, 4) is 0 Å². The predicted octanol–water partition coefficient (Wildman–Crippen LogP) is 3.44. The normalized spacial score (nSPS) is 37.3. The third kappa shape index (κ3) is 8.25. The average molecular weight is 634 g/mol. The van der Waals surface area contributed by atoms with Crippen molar-refractivity contribution in [2.24, 2.45) is 58.0 Å². The third-order valence-electron chi connectivity index (χ3n) is 13.2. The summed E-state index contributed by atoms with van der Waals surface area (Å²) >= 11 is 0. The summed E-state index contributed by atoms with van der Waals surface area (Å²) in [6.07, 6.45) is 10.6. The molecule has 0 unspecified atom stereocenters.